The van der Waals surface area contributed by atoms with Crippen molar-refractivity contribution in [3.05, 3.63) is 41.6 Å². The Morgan fingerprint density at radius 2 is 1.88 bits per heavy atom. The fraction of sp³-hybridized carbons (Fsp3) is 0.353. The van der Waals surface area contributed by atoms with E-state index in [4.69, 9.17) is 10.5 Å². The molecule has 126 valence electrons. The van der Waals surface area contributed by atoms with Gasteiger partial charge in [0.1, 0.15) is 11.6 Å². The van der Waals surface area contributed by atoms with E-state index >= 15 is 0 Å². The first-order valence-electron chi connectivity index (χ1n) is 7.62. The molecule has 7 nitrogen and oxygen atoms in total. The molecule has 0 bridgehead atoms. The van der Waals surface area contributed by atoms with Gasteiger partial charge >= 0.3 is 0 Å². The molecule has 1 aliphatic rings. The number of nitrogen functional groups attached to an aromatic ring is 1. The van der Waals surface area contributed by atoms with Gasteiger partial charge in [0.05, 0.1) is 12.2 Å². The van der Waals surface area contributed by atoms with Gasteiger partial charge < -0.3 is 20.7 Å². The molecule has 1 aliphatic heterocycles. The van der Waals surface area contributed by atoms with Crippen LogP contribution in [0.1, 0.15) is 24.2 Å². The van der Waals surface area contributed by atoms with Crippen LogP contribution in [0, 0.1) is 11.3 Å². The van der Waals surface area contributed by atoms with Crippen molar-refractivity contribution in [2.75, 3.05) is 18.8 Å². The maximum Gasteiger partial charge on any atom is 0.266 e. The highest BCUT2D eigenvalue weighted by atomic mass is 16.5. The molecule has 0 saturated carbocycles. The second kappa shape index (κ2) is 7.62. The monoisotopic (exact) mass is 328 g/mol. The number of nitrogens with zero attached hydrogens (tertiary/aromatic N) is 2. The van der Waals surface area contributed by atoms with Gasteiger partial charge in [-0.25, -0.2) is 0 Å². The third kappa shape index (κ3) is 4.33. The molecule has 1 heterocycles. The Balaban J connectivity index is 2.05. The van der Waals surface area contributed by atoms with Gasteiger partial charge in [0.15, 0.2) is 0 Å². The highest BCUT2D eigenvalue weighted by Gasteiger charge is 2.27. The van der Waals surface area contributed by atoms with Crippen molar-refractivity contribution in [3.8, 4) is 6.07 Å². The van der Waals surface area contributed by atoms with Crippen molar-refractivity contribution in [2.24, 2.45) is 0 Å². The smallest absolute Gasteiger partial charge is 0.266 e. The molecule has 0 aliphatic carbocycles. The standard InChI is InChI=1S/C17H20N4O3/c1-11-9-21(10-12(2)24-11)17(23)14(7-18)8-20-16(22)13-3-5-15(19)6-4-13/h3-6,8,11-12H,9-10,19H2,1-2H3,(H,20,22)/b14-8-. The summed E-state index contributed by atoms with van der Waals surface area (Å²) in [5, 5.41) is 11.7. The Morgan fingerprint density at radius 3 is 2.42 bits per heavy atom. The minimum atomic E-state index is -0.419. The summed E-state index contributed by atoms with van der Waals surface area (Å²) in [6, 6.07) is 8.18. The topological polar surface area (TPSA) is 108 Å². The number of hydrogen-bond acceptors (Lipinski definition) is 5. The average molecular weight is 328 g/mol. The lowest BCUT2D eigenvalue weighted by Crippen LogP contribution is -2.48. The second-order valence-electron chi connectivity index (χ2n) is 5.73. The summed E-state index contributed by atoms with van der Waals surface area (Å²) in [6.45, 7) is 4.56. The van der Waals surface area contributed by atoms with Crippen LogP contribution in [0.3, 0.4) is 0 Å². The third-order valence-electron chi connectivity index (χ3n) is 3.58. The third-order valence-corrected chi connectivity index (χ3v) is 3.58. The first-order valence-corrected chi connectivity index (χ1v) is 7.62. The second-order valence-corrected chi connectivity index (χ2v) is 5.73. The molecule has 0 aromatic heterocycles. The van der Waals surface area contributed by atoms with Crippen molar-refractivity contribution < 1.29 is 14.3 Å². The molecule has 1 fully saturated rings. The lowest BCUT2D eigenvalue weighted by Gasteiger charge is -2.35. The zero-order valence-electron chi connectivity index (χ0n) is 13.7. The number of nitrogens with two attached hydrogens (primary N) is 1. The Bertz CT molecular complexity index is 681. The summed E-state index contributed by atoms with van der Waals surface area (Å²) in [5.74, 6) is -0.837. The number of morpholine rings is 1. The quantitative estimate of drug-likeness (QED) is 0.489. The molecule has 2 unspecified atom stereocenters. The number of nitriles is 1. The number of ether oxygens (including phenoxy) is 1. The predicted octanol–water partition coefficient (Wildman–Crippen LogP) is 1.04. The highest BCUT2D eigenvalue weighted by Crippen LogP contribution is 2.13. The molecule has 2 amide bonds. The van der Waals surface area contributed by atoms with Gasteiger partial charge in [-0.3, -0.25) is 9.59 Å². The normalized spacial score (nSPS) is 21.0. The van der Waals surface area contributed by atoms with Gasteiger partial charge in [0, 0.05) is 30.5 Å². The summed E-state index contributed by atoms with van der Waals surface area (Å²) >= 11 is 0. The Morgan fingerprint density at radius 1 is 1.29 bits per heavy atom. The first-order chi connectivity index (χ1) is 11.4. The number of anilines is 1. The number of benzene rings is 1. The van der Waals surface area contributed by atoms with E-state index in [1.54, 1.807) is 29.2 Å². The number of rotatable bonds is 3. The Hall–Kier alpha value is -2.85. The number of amides is 2. The van der Waals surface area contributed by atoms with E-state index in [1.807, 2.05) is 19.9 Å². The Labute approximate surface area is 140 Å². The van der Waals surface area contributed by atoms with Gasteiger partial charge in [-0.05, 0) is 38.1 Å². The summed E-state index contributed by atoms with van der Waals surface area (Å²) in [6.07, 6.45) is 0.954. The fourth-order valence-electron chi connectivity index (χ4n) is 2.51. The number of nitrogens with one attached hydrogen (secondary N) is 1. The van der Waals surface area contributed by atoms with E-state index < -0.39 is 11.8 Å². The summed E-state index contributed by atoms with van der Waals surface area (Å²) < 4.78 is 5.57. The summed E-state index contributed by atoms with van der Waals surface area (Å²) in [7, 11) is 0. The van der Waals surface area contributed by atoms with Crippen molar-refractivity contribution in [3.63, 3.8) is 0 Å². The van der Waals surface area contributed by atoms with E-state index in [1.165, 1.54) is 0 Å². The van der Waals surface area contributed by atoms with Crippen molar-refractivity contribution in [1.29, 1.82) is 5.26 Å². The lowest BCUT2D eigenvalue weighted by atomic mass is 10.2. The minimum absolute atomic E-state index is 0.0954. The van der Waals surface area contributed by atoms with Gasteiger partial charge in [-0.15, -0.1) is 0 Å². The molecule has 1 saturated heterocycles. The molecule has 2 rings (SSSR count). The Kier molecular flexibility index (Phi) is 5.55. The van der Waals surface area contributed by atoms with Crippen LogP contribution in [0.5, 0.6) is 0 Å². The lowest BCUT2D eigenvalue weighted by molar-refractivity contribution is -0.138. The van der Waals surface area contributed by atoms with Gasteiger partial charge in [-0.1, -0.05) is 0 Å². The first kappa shape index (κ1) is 17.5. The molecule has 1 aromatic rings. The fourth-order valence-corrected chi connectivity index (χ4v) is 2.51. The highest BCUT2D eigenvalue weighted by molar-refractivity contribution is 5.99. The van der Waals surface area contributed by atoms with E-state index in [9.17, 15) is 14.9 Å². The number of hydrogen-bond donors (Lipinski definition) is 2. The molecule has 1 aromatic carbocycles. The van der Waals surface area contributed by atoms with Crippen molar-refractivity contribution >= 4 is 17.5 Å². The molecular formula is C17H20N4O3. The van der Waals surface area contributed by atoms with Crippen LogP contribution < -0.4 is 11.1 Å². The van der Waals surface area contributed by atoms with Gasteiger partial charge in [-0.2, -0.15) is 5.26 Å². The molecule has 0 radical (unpaired) electrons. The molecule has 2 atom stereocenters. The SMILES string of the molecule is CC1CN(C(=O)/C(C#N)=C\NC(=O)c2ccc(N)cc2)CC(C)O1. The summed E-state index contributed by atoms with van der Waals surface area (Å²) in [4.78, 5) is 26.0. The van der Waals surface area contributed by atoms with E-state index in [-0.39, 0.29) is 17.8 Å². The molecular weight excluding hydrogens is 308 g/mol. The predicted molar refractivity (Wildman–Crippen MR) is 88.6 cm³/mol. The molecule has 7 heteroatoms. The molecule has 0 spiro atoms. The van der Waals surface area contributed by atoms with E-state index in [2.05, 4.69) is 5.32 Å². The van der Waals surface area contributed by atoms with Crippen LogP contribution in [0.15, 0.2) is 36.0 Å². The van der Waals surface area contributed by atoms with Crippen LogP contribution in [0.2, 0.25) is 0 Å². The van der Waals surface area contributed by atoms with Gasteiger partial charge in [0.25, 0.3) is 11.8 Å². The van der Waals surface area contributed by atoms with Crippen LogP contribution in [-0.4, -0.2) is 42.0 Å². The van der Waals surface area contributed by atoms with Crippen LogP contribution in [-0.2, 0) is 9.53 Å². The summed E-state index contributed by atoms with van der Waals surface area (Å²) in [5.41, 5.74) is 6.38. The number of carbonyl (C=O) groups is 2. The van der Waals surface area contributed by atoms with Crippen LogP contribution >= 0.6 is 0 Å². The van der Waals surface area contributed by atoms with E-state index in [0.717, 1.165) is 6.20 Å². The van der Waals surface area contributed by atoms with Crippen molar-refractivity contribution in [1.82, 2.24) is 10.2 Å². The molecule has 24 heavy (non-hydrogen) atoms. The van der Waals surface area contributed by atoms with Crippen LogP contribution in [0.4, 0.5) is 5.69 Å². The average Bonchev–Trinajstić information content (AvgIpc) is 2.54. The van der Waals surface area contributed by atoms with E-state index in [0.29, 0.717) is 24.3 Å². The van der Waals surface area contributed by atoms with Gasteiger partial charge in [0.2, 0.25) is 0 Å². The zero-order chi connectivity index (χ0) is 17.7. The molecule has 3 N–H and O–H groups in total. The maximum atomic E-state index is 12.4. The minimum Gasteiger partial charge on any atom is -0.399 e. The number of carbonyl (C=O) groups excluding carboxylic acids is 2. The largest absolute Gasteiger partial charge is 0.399 e. The van der Waals surface area contributed by atoms with Crippen LogP contribution in [0.25, 0.3) is 0 Å². The van der Waals surface area contributed by atoms with Crippen molar-refractivity contribution in [2.45, 2.75) is 26.1 Å². The maximum absolute atomic E-state index is 12.4. The zero-order valence-corrected chi connectivity index (χ0v) is 13.7.